The summed E-state index contributed by atoms with van der Waals surface area (Å²) in [6.45, 7) is 3.76. The molecular formula is C14H18ClN3O3. The number of halogens is 1. The first-order chi connectivity index (χ1) is 9.83. The van der Waals surface area contributed by atoms with Gasteiger partial charge in [0, 0.05) is 6.54 Å². The van der Waals surface area contributed by atoms with Crippen LogP contribution < -0.4 is 10.1 Å². The molecule has 1 saturated heterocycles. The van der Waals surface area contributed by atoms with Gasteiger partial charge in [-0.15, -0.1) is 12.4 Å². The number of hydrogen-bond acceptors (Lipinski definition) is 6. The van der Waals surface area contributed by atoms with E-state index in [1.165, 1.54) is 0 Å². The highest BCUT2D eigenvalue weighted by Gasteiger charge is 2.28. The fourth-order valence-corrected chi connectivity index (χ4v) is 2.13. The molecule has 21 heavy (non-hydrogen) atoms. The lowest BCUT2D eigenvalue weighted by atomic mass is 10.1. The lowest BCUT2D eigenvalue weighted by Gasteiger charge is -2.27. The van der Waals surface area contributed by atoms with Crippen molar-refractivity contribution in [2.24, 2.45) is 0 Å². The highest BCUT2D eigenvalue weighted by Crippen LogP contribution is 2.20. The van der Waals surface area contributed by atoms with Gasteiger partial charge in [-0.2, -0.15) is 4.98 Å². The topological polar surface area (TPSA) is 69.4 Å². The van der Waals surface area contributed by atoms with E-state index in [9.17, 15) is 0 Å². The maximum absolute atomic E-state index is 5.58. The predicted octanol–water partition coefficient (Wildman–Crippen LogP) is 2.12. The molecule has 2 aromatic rings. The van der Waals surface area contributed by atoms with Gasteiger partial charge in [0.2, 0.25) is 11.7 Å². The summed E-state index contributed by atoms with van der Waals surface area (Å²) in [7, 11) is 0. The summed E-state index contributed by atoms with van der Waals surface area (Å²) >= 11 is 0. The largest absolute Gasteiger partial charge is 0.485 e. The molecule has 0 bridgehead atoms. The Kier molecular flexibility index (Phi) is 5.55. The Bertz CT molecular complexity index is 549. The van der Waals surface area contributed by atoms with Crippen molar-refractivity contribution in [1.29, 1.82) is 0 Å². The zero-order chi connectivity index (χ0) is 13.8. The molecular weight excluding hydrogens is 294 g/mol. The van der Waals surface area contributed by atoms with E-state index in [-0.39, 0.29) is 31.2 Å². The van der Waals surface area contributed by atoms with Gasteiger partial charge in [-0.25, -0.2) is 0 Å². The number of morpholine rings is 1. The van der Waals surface area contributed by atoms with Gasteiger partial charge in [0.05, 0.1) is 12.7 Å². The highest BCUT2D eigenvalue weighted by molar-refractivity contribution is 5.85. The van der Waals surface area contributed by atoms with Crippen molar-refractivity contribution < 1.29 is 14.0 Å². The molecule has 0 spiro atoms. The van der Waals surface area contributed by atoms with E-state index in [1.807, 2.05) is 37.3 Å². The molecule has 0 unspecified atom stereocenters. The van der Waals surface area contributed by atoms with E-state index >= 15 is 0 Å². The molecule has 1 fully saturated rings. The number of para-hydroxylation sites is 1. The van der Waals surface area contributed by atoms with Gasteiger partial charge in [-0.1, -0.05) is 23.4 Å². The molecule has 2 heterocycles. The number of hydrogen-bond donors (Lipinski definition) is 1. The Labute approximate surface area is 129 Å². The van der Waals surface area contributed by atoms with E-state index in [1.54, 1.807) is 0 Å². The third kappa shape index (κ3) is 3.93. The van der Waals surface area contributed by atoms with Crippen LogP contribution in [0.1, 0.15) is 24.7 Å². The van der Waals surface area contributed by atoms with Crippen molar-refractivity contribution in [2.45, 2.75) is 25.7 Å². The summed E-state index contributed by atoms with van der Waals surface area (Å²) in [6, 6.07) is 9.50. The van der Waals surface area contributed by atoms with Crippen molar-refractivity contribution >= 4 is 12.4 Å². The van der Waals surface area contributed by atoms with Crippen LogP contribution in [0.15, 0.2) is 34.9 Å². The maximum atomic E-state index is 5.58. The third-order valence-electron chi connectivity index (χ3n) is 3.18. The number of ether oxygens (including phenoxy) is 2. The molecule has 2 atom stereocenters. The zero-order valence-corrected chi connectivity index (χ0v) is 12.5. The molecule has 0 saturated carbocycles. The molecule has 0 amide bonds. The molecule has 3 rings (SSSR count). The number of nitrogens with one attached hydrogen (secondary N) is 1. The van der Waals surface area contributed by atoms with Gasteiger partial charge >= 0.3 is 0 Å². The van der Waals surface area contributed by atoms with Crippen LogP contribution in [-0.2, 0) is 11.3 Å². The fourth-order valence-electron chi connectivity index (χ4n) is 2.13. The number of nitrogens with zero attached hydrogens (tertiary/aromatic N) is 2. The number of aromatic nitrogens is 2. The highest BCUT2D eigenvalue weighted by atomic mass is 35.5. The summed E-state index contributed by atoms with van der Waals surface area (Å²) in [5, 5.41) is 7.24. The van der Waals surface area contributed by atoms with Crippen molar-refractivity contribution in [2.75, 3.05) is 13.2 Å². The van der Waals surface area contributed by atoms with Crippen LogP contribution in [0, 0.1) is 0 Å². The summed E-state index contributed by atoms with van der Waals surface area (Å²) < 4.78 is 16.4. The smallest absolute Gasteiger partial charge is 0.246 e. The van der Waals surface area contributed by atoms with Crippen LogP contribution >= 0.6 is 12.4 Å². The molecule has 1 aliphatic rings. The minimum atomic E-state index is -0.0540. The van der Waals surface area contributed by atoms with E-state index < -0.39 is 0 Å². The molecule has 0 radical (unpaired) electrons. The average molecular weight is 312 g/mol. The lowest BCUT2D eigenvalue weighted by molar-refractivity contribution is -0.00136. The number of rotatable bonds is 4. The molecule has 7 heteroatoms. The average Bonchev–Trinajstić information content (AvgIpc) is 2.95. The van der Waals surface area contributed by atoms with Crippen LogP contribution in [0.3, 0.4) is 0 Å². The normalized spacial score (nSPS) is 21.6. The SMILES string of the molecule is C[C@H]1OCCN[C@@H]1c1nc(COc2ccccc2)no1.Cl. The summed E-state index contributed by atoms with van der Waals surface area (Å²) in [5.41, 5.74) is 0. The minimum absolute atomic E-state index is 0. The second-order valence-corrected chi connectivity index (χ2v) is 4.66. The van der Waals surface area contributed by atoms with Gasteiger partial charge in [0.25, 0.3) is 0 Å². The molecule has 1 aromatic heterocycles. The molecule has 6 nitrogen and oxygen atoms in total. The summed E-state index contributed by atoms with van der Waals surface area (Å²) in [6.07, 6.45) is 0.0205. The molecule has 1 aliphatic heterocycles. The first kappa shape index (κ1) is 15.8. The molecule has 1 N–H and O–H groups in total. The Morgan fingerprint density at radius 2 is 2.14 bits per heavy atom. The van der Waals surface area contributed by atoms with Crippen LogP contribution in [0.5, 0.6) is 5.75 Å². The second kappa shape index (κ2) is 7.40. The van der Waals surface area contributed by atoms with Crippen LogP contribution in [0.2, 0.25) is 0 Å². The van der Waals surface area contributed by atoms with Gasteiger partial charge in [0.1, 0.15) is 11.8 Å². The standard InChI is InChI=1S/C14H17N3O3.ClH/c1-10-13(15-7-8-18-10)14-16-12(17-20-14)9-19-11-5-3-2-4-6-11;/h2-6,10,13,15H,7-9H2,1H3;1H/t10-,13+;/m1./s1. The van der Waals surface area contributed by atoms with Crippen molar-refractivity contribution in [3.63, 3.8) is 0 Å². The summed E-state index contributed by atoms with van der Waals surface area (Å²) in [5.74, 6) is 1.86. The Morgan fingerprint density at radius 1 is 1.33 bits per heavy atom. The van der Waals surface area contributed by atoms with E-state index in [0.717, 1.165) is 12.3 Å². The quantitative estimate of drug-likeness (QED) is 0.932. The van der Waals surface area contributed by atoms with Crippen LogP contribution in [-0.4, -0.2) is 29.4 Å². The molecule has 1 aromatic carbocycles. The Hall–Kier alpha value is -1.63. The van der Waals surface area contributed by atoms with E-state index in [4.69, 9.17) is 14.0 Å². The Balaban J connectivity index is 0.00000161. The fraction of sp³-hybridized carbons (Fsp3) is 0.429. The second-order valence-electron chi connectivity index (χ2n) is 4.66. The predicted molar refractivity (Wildman–Crippen MR) is 78.5 cm³/mol. The van der Waals surface area contributed by atoms with Crippen molar-refractivity contribution in [1.82, 2.24) is 15.5 Å². The van der Waals surface area contributed by atoms with Crippen LogP contribution in [0.4, 0.5) is 0 Å². The first-order valence-electron chi connectivity index (χ1n) is 6.68. The maximum Gasteiger partial charge on any atom is 0.246 e. The van der Waals surface area contributed by atoms with Gasteiger partial charge in [0.15, 0.2) is 6.61 Å². The number of benzene rings is 1. The molecule has 114 valence electrons. The van der Waals surface area contributed by atoms with Gasteiger partial charge < -0.3 is 19.3 Å². The molecule has 0 aliphatic carbocycles. The lowest BCUT2D eigenvalue weighted by Crippen LogP contribution is -2.40. The minimum Gasteiger partial charge on any atom is -0.485 e. The van der Waals surface area contributed by atoms with E-state index in [0.29, 0.717) is 18.3 Å². The van der Waals surface area contributed by atoms with Crippen molar-refractivity contribution in [3.8, 4) is 5.75 Å². The monoisotopic (exact) mass is 311 g/mol. The first-order valence-corrected chi connectivity index (χ1v) is 6.68. The van der Waals surface area contributed by atoms with Crippen molar-refractivity contribution in [3.05, 3.63) is 42.0 Å². The Morgan fingerprint density at radius 3 is 2.90 bits per heavy atom. The van der Waals surface area contributed by atoms with Gasteiger partial charge in [-0.3, -0.25) is 0 Å². The van der Waals surface area contributed by atoms with Gasteiger partial charge in [-0.05, 0) is 19.1 Å². The zero-order valence-electron chi connectivity index (χ0n) is 11.7. The van der Waals surface area contributed by atoms with Crippen LogP contribution in [0.25, 0.3) is 0 Å². The third-order valence-corrected chi connectivity index (χ3v) is 3.18. The summed E-state index contributed by atoms with van der Waals surface area (Å²) in [4.78, 5) is 4.35. The van der Waals surface area contributed by atoms with E-state index in [2.05, 4.69) is 15.5 Å².